The van der Waals surface area contributed by atoms with Gasteiger partial charge in [-0.2, -0.15) is 0 Å². The Labute approximate surface area is 311 Å². The van der Waals surface area contributed by atoms with E-state index in [-0.39, 0.29) is 23.2 Å². The number of nitrogens with one attached hydrogen (secondary N) is 3. The van der Waals surface area contributed by atoms with Crippen LogP contribution in [-0.2, 0) is 9.53 Å². The third-order valence-electron chi connectivity index (χ3n) is 6.46. The van der Waals surface area contributed by atoms with Crippen molar-refractivity contribution in [3.05, 3.63) is 82.9 Å². The van der Waals surface area contributed by atoms with Crippen LogP contribution in [0.5, 0.6) is 11.5 Å². The Morgan fingerprint density at radius 1 is 0.925 bits per heavy atom. The lowest BCUT2D eigenvalue weighted by Gasteiger charge is -2.19. The van der Waals surface area contributed by atoms with Crippen LogP contribution in [0.25, 0.3) is 0 Å². The third-order valence-corrected chi connectivity index (χ3v) is 7.26. The summed E-state index contributed by atoms with van der Waals surface area (Å²) in [5.41, 5.74) is 15.7. The van der Waals surface area contributed by atoms with Crippen LogP contribution in [-0.4, -0.2) is 73.5 Å². The zero-order chi connectivity index (χ0) is 39.6. The molecule has 0 atom stereocenters. The van der Waals surface area contributed by atoms with Crippen molar-refractivity contribution in [2.75, 3.05) is 26.0 Å². The molecule has 0 spiro atoms. The third kappa shape index (κ3) is 18.0. The predicted molar refractivity (Wildman–Crippen MR) is 204 cm³/mol. The van der Waals surface area contributed by atoms with Crippen LogP contribution in [0.15, 0.2) is 75.6 Å². The number of amides is 2. The van der Waals surface area contributed by atoms with E-state index in [1.54, 1.807) is 52.1 Å². The van der Waals surface area contributed by atoms with E-state index in [2.05, 4.69) is 30.3 Å². The Morgan fingerprint density at radius 2 is 1.53 bits per heavy atom. The lowest BCUT2D eigenvalue weighted by atomic mass is 10.1. The molecular formula is C36H45F3N8O5S. The monoisotopic (exact) mass is 758 g/mol. The van der Waals surface area contributed by atoms with Gasteiger partial charge in [0, 0.05) is 24.9 Å². The topological polar surface area (TPSA) is 199 Å². The molecule has 0 aliphatic heterocycles. The Hall–Kier alpha value is -5.58. The zero-order valence-electron chi connectivity index (χ0n) is 30.3. The number of nitrogens with zero attached hydrogens (tertiary/aromatic N) is 3. The number of carbonyl (C=O) groups excluding carboxylic acids is 2. The summed E-state index contributed by atoms with van der Waals surface area (Å²) in [7, 11) is 1.62. The fourth-order valence-electron chi connectivity index (χ4n) is 4.08. The van der Waals surface area contributed by atoms with Crippen LogP contribution < -0.4 is 31.6 Å². The molecule has 0 radical (unpaired) electrons. The van der Waals surface area contributed by atoms with Crippen molar-refractivity contribution in [2.24, 2.45) is 26.4 Å². The second-order valence-corrected chi connectivity index (χ2v) is 13.0. The summed E-state index contributed by atoms with van der Waals surface area (Å²) in [5.74, 6) is 0.700. The summed E-state index contributed by atoms with van der Waals surface area (Å²) in [5, 5.41) is 12.9. The van der Waals surface area contributed by atoms with Crippen LogP contribution in [0.1, 0.15) is 49.4 Å². The molecule has 53 heavy (non-hydrogen) atoms. The number of ether oxygens (including phenoxy) is 3. The van der Waals surface area contributed by atoms with Crippen molar-refractivity contribution in [1.82, 2.24) is 10.6 Å². The van der Waals surface area contributed by atoms with E-state index in [0.29, 0.717) is 35.9 Å². The van der Waals surface area contributed by atoms with Gasteiger partial charge in [0.25, 0.3) is 0 Å². The quantitative estimate of drug-likeness (QED) is 0.0723. The minimum atomic E-state index is -4.73. The van der Waals surface area contributed by atoms with E-state index >= 15 is 0 Å². The van der Waals surface area contributed by atoms with Gasteiger partial charge < -0.3 is 41.7 Å². The molecule has 0 aliphatic rings. The molecule has 286 valence electrons. The number of carbonyl (C=O) groups is 2. The summed E-state index contributed by atoms with van der Waals surface area (Å²) in [6.07, 6.45) is -2.17. The average Bonchev–Trinajstić information content (AvgIpc) is 3.08. The van der Waals surface area contributed by atoms with Crippen molar-refractivity contribution in [3.63, 3.8) is 0 Å². The van der Waals surface area contributed by atoms with Crippen molar-refractivity contribution in [3.8, 4) is 11.5 Å². The molecule has 2 amide bonds. The molecule has 0 saturated heterocycles. The fraction of sp³-hybridized carbons (Fsp3) is 0.333. The number of amidine groups is 2. The first-order valence-corrected chi connectivity index (χ1v) is 17.1. The second-order valence-electron chi connectivity index (χ2n) is 12.0. The van der Waals surface area contributed by atoms with Crippen LogP contribution in [0, 0.1) is 19.3 Å². The molecule has 0 saturated carbocycles. The largest absolute Gasteiger partial charge is 0.573 e. The van der Waals surface area contributed by atoms with Gasteiger partial charge in [0.15, 0.2) is 5.17 Å². The van der Waals surface area contributed by atoms with Gasteiger partial charge in [0.05, 0.1) is 24.2 Å². The number of alkyl carbamates (subject to hydrolysis) is 1. The number of methoxy groups -OCH3 is 1. The molecule has 0 heterocycles. The van der Waals surface area contributed by atoms with Gasteiger partial charge in [-0.25, -0.2) is 19.8 Å². The van der Waals surface area contributed by atoms with Crippen molar-refractivity contribution >= 4 is 58.7 Å². The molecule has 17 heteroatoms. The molecule has 0 aromatic heterocycles. The van der Waals surface area contributed by atoms with E-state index in [4.69, 9.17) is 26.4 Å². The van der Waals surface area contributed by atoms with E-state index in [0.717, 1.165) is 40.3 Å². The summed E-state index contributed by atoms with van der Waals surface area (Å²) in [4.78, 5) is 35.8. The first-order chi connectivity index (χ1) is 24.9. The smallest absolute Gasteiger partial charge is 0.497 e. The highest BCUT2D eigenvalue weighted by molar-refractivity contribution is 8.14. The Morgan fingerprint density at radius 3 is 2.08 bits per heavy atom. The minimum Gasteiger partial charge on any atom is -0.497 e. The standard InChI is InChI=1S/C20H32N4O4S.C16H13F3N4O/c1-13-10-15(27-6)11-14(2)17(13)24-18(21)29-12-16(25)22-8-7-9-23-19(26)28-20(3,4)5;17-16(18,19)24-14-7-5-13(6-8-14)22-10-23-15(21)12-3-1-11(9-20)2-4-12/h10-11H,7-9,12H2,1-6H3,(H2,21,24)(H,22,25)(H,23,26);1-10,20H,(H2,21,22,23). The molecule has 13 nitrogen and oxygen atoms in total. The number of aryl methyl sites for hydroxylation is 2. The normalized spacial score (nSPS) is 12.0. The maximum Gasteiger partial charge on any atom is 0.573 e. The molecule has 3 aromatic carbocycles. The second kappa shape index (κ2) is 21.1. The Bertz CT molecular complexity index is 1740. The number of alkyl halides is 3. The number of aliphatic imine (C=N–C) groups is 3. The first-order valence-electron chi connectivity index (χ1n) is 16.1. The molecule has 0 bridgehead atoms. The van der Waals surface area contributed by atoms with Crippen LogP contribution >= 0.6 is 11.8 Å². The number of hydrogen-bond donors (Lipinski definition) is 5. The van der Waals surface area contributed by atoms with Gasteiger partial charge in [0.2, 0.25) is 5.91 Å². The minimum absolute atomic E-state index is 0.145. The van der Waals surface area contributed by atoms with Gasteiger partial charge in [-0.3, -0.25) is 4.79 Å². The van der Waals surface area contributed by atoms with Gasteiger partial charge in [-0.1, -0.05) is 36.0 Å². The van der Waals surface area contributed by atoms with Gasteiger partial charge >= 0.3 is 12.5 Å². The first kappa shape index (κ1) is 43.6. The number of halogens is 3. The van der Waals surface area contributed by atoms with Crippen LogP contribution in [0.2, 0.25) is 0 Å². The summed E-state index contributed by atoms with van der Waals surface area (Å²) in [6.45, 7) is 10.1. The number of benzene rings is 3. The zero-order valence-corrected chi connectivity index (χ0v) is 31.2. The maximum absolute atomic E-state index is 12.0. The molecule has 3 aromatic rings. The fourth-order valence-corrected chi connectivity index (χ4v) is 4.62. The van der Waals surface area contributed by atoms with Crippen LogP contribution in [0.4, 0.5) is 29.3 Å². The molecular weight excluding hydrogens is 714 g/mol. The van der Waals surface area contributed by atoms with Crippen molar-refractivity contribution < 1.29 is 37.0 Å². The van der Waals surface area contributed by atoms with Crippen molar-refractivity contribution in [2.45, 2.75) is 53.0 Å². The van der Waals surface area contributed by atoms with Gasteiger partial charge in [-0.05, 0) is 94.1 Å². The summed E-state index contributed by atoms with van der Waals surface area (Å²) < 4.78 is 50.3. The number of nitrogens with two attached hydrogens (primary N) is 2. The highest BCUT2D eigenvalue weighted by atomic mass is 32.2. The predicted octanol–water partition coefficient (Wildman–Crippen LogP) is 6.67. The molecule has 0 aliphatic carbocycles. The Kier molecular flexibility index (Phi) is 17.3. The lowest BCUT2D eigenvalue weighted by Crippen LogP contribution is -2.34. The molecule has 0 unspecified atom stereocenters. The van der Waals surface area contributed by atoms with E-state index in [1.165, 1.54) is 36.4 Å². The average molecular weight is 759 g/mol. The number of thioether (sulfide) groups is 1. The highest BCUT2D eigenvalue weighted by Crippen LogP contribution is 2.29. The molecule has 7 N–H and O–H groups in total. The summed E-state index contributed by atoms with van der Waals surface area (Å²) in [6, 6.07) is 15.7. The summed E-state index contributed by atoms with van der Waals surface area (Å²) >= 11 is 1.18. The van der Waals surface area contributed by atoms with Gasteiger partial charge in [0.1, 0.15) is 29.3 Å². The van der Waals surface area contributed by atoms with E-state index in [9.17, 15) is 22.8 Å². The highest BCUT2D eigenvalue weighted by Gasteiger charge is 2.31. The number of rotatable bonds is 13. The number of hydrogen-bond acceptors (Lipinski definition) is 9. The Balaban J connectivity index is 0.000000373. The molecule has 3 rings (SSSR count). The SMILES string of the molecule is COc1cc(C)c(N=C(N)SCC(=O)NCCCNC(=O)OC(C)(C)C)c(C)c1.N=Cc1ccc(C(N)=NC=Nc2ccc(OC(F)(F)F)cc2)cc1. The molecule has 0 fully saturated rings. The van der Waals surface area contributed by atoms with E-state index in [1.807, 2.05) is 26.0 Å². The van der Waals surface area contributed by atoms with Crippen molar-refractivity contribution in [1.29, 1.82) is 5.41 Å². The van der Waals surface area contributed by atoms with Gasteiger partial charge in [-0.15, -0.1) is 13.2 Å². The lowest BCUT2D eigenvalue weighted by molar-refractivity contribution is -0.274. The van der Waals surface area contributed by atoms with E-state index < -0.39 is 18.1 Å². The van der Waals surface area contributed by atoms with Crippen LogP contribution in [0.3, 0.4) is 0 Å². The maximum atomic E-state index is 12.0.